The van der Waals surface area contributed by atoms with Crippen molar-refractivity contribution in [3.63, 3.8) is 0 Å². The highest BCUT2D eigenvalue weighted by Gasteiger charge is 2.34. The summed E-state index contributed by atoms with van der Waals surface area (Å²) in [6.45, 7) is 2.34. The largest absolute Gasteiger partial charge is 0.392 e. The van der Waals surface area contributed by atoms with Gasteiger partial charge in [-0.3, -0.25) is 0 Å². The molecule has 0 spiro atoms. The first kappa shape index (κ1) is 11.9. The van der Waals surface area contributed by atoms with E-state index in [1.54, 1.807) is 7.11 Å². The summed E-state index contributed by atoms with van der Waals surface area (Å²) in [6, 6.07) is 0. The Morgan fingerprint density at radius 1 is 1.57 bits per heavy atom. The minimum atomic E-state index is -2.89. The van der Waals surface area contributed by atoms with Crippen LogP contribution in [0.1, 0.15) is 13.3 Å². The van der Waals surface area contributed by atoms with Gasteiger partial charge in [0.05, 0.1) is 24.2 Å². The molecule has 0 amide bonds. The highest BCUT2D eigenvalue weighted by atomic mass is 32.2. The van der Waals surface area contributed by atoms with Gasteiger partial charge in [-0.15, -0.1) is 0 Å². The Hall–Kier alpha value is -0.130. The third-order valence-corrected chi connectivity index (χ3v) is 4.56. The number of hydrogen-bond donors (Lipinski definition) is 1. The molecule has 0 bridgehead atoms. The first-order valence-corrected chi connectivity index (χ1v) is 6.66. The van der Waals surface area contributed by atoms with Gasteiger partial charge < -0.3 is 9.84 Å². The molecule has 0 aromatic heterocycles. The van der Waals surface area contributed by atoms with Gasteiger partial charge in [-0.25, -0.2) is 8.42 Å². The molecule has 84 valence electrons. The molecular weight excluding hydrogens is 204 g/mol. The van der Waals surface area contributed by atoms with Gasteiger partial charge in [0.25, 0.3) is 0 Å². The van der Waals surface area contributed by atoms with Crippen molar-refractivity contribution in [1.29, 1.82) is 0 Å². The van der Waals surface area contributed by atoms with E-state index in [2.05, 4.69) is 0 Å². The fourth-order valence-electron chi connectivity index (χ4n) is 1.92. The van der Waals surface area contributed by atoms with Gasteiger partial charge in [0.15, 0.2) is 9.84 Å². The van der Waals surface area contributed by atoms with Crippen molar-refractivity contribution < 1.29 is 18.3 Å². The van der Waals surface area contributed by atoms with Gasteiger partial charge in [-0.1, -0.05) is 6.92 Å². The van der Waals surface area contributed by atoms with Crippen molar-refractivity contribution in [2.75, 3.05) is 25.2 Å². The maximum Gasteiger partial charge on any atom is 0.150 e. The van der Waals surface area contributed by atoms with Crippen molar-refractivity contribution in [3.8, 4) is 0 Å². The fraction of sp³-hybridized carbons (Fsp3) is 1.00. The number of aliphatic hydroxyl groups is 1. The van der Waals surface area contributed by atoms with Gasteiger partial charge in [0.2, 0.25) is 0 Å². The summed E-state index contributed by atoms with van der Waals surface area (Å²) in [4.78, 5) is 0. The van der Waals surface area contributed by atoms with Crippen LogP contribution in [-0.2, 0) is 14.6 Å². The maximum atomic E-state index is 11.2. The van der Waals surface area contributed by atoms with Crippen LogP contribution in [0.25, 0.3) is 0 Å². The highest BCUT2D eigenvalue weighted by Crippen LogP contribution is 2.25. The summed E-state index contributed by atoms with van der Waals surface area (Å²) in [7, 11) is -1.31. The van der Waals surface area contributed by atoms with Crippen LogP contribution in [0, 0.1) is 11.8 Å². The average molecular weight is 222 g/mol. The molecule has 5 heteroatoms. The Bertz CT molecular complexity index is 273. The van der Waals surface area contributed by atoms with Crippen molar-refractivity contribution in [2.45, 2.75) is 19.4 Å². The van der Waals surface area contributed by atoms with Crippen LogP contribution in [0.2, 0.25) is 0 Å². The molecule has 0 aromatic rings. The molecule has 0 saturated carbocycles. The predicted octanol–water partition coefficient (Wildman–Crippen LogP) is 0.0645. The second kappa shape index (κ2) is 4.59. The third-order valence-electron chi connectivity index (χ3n) is 2.76. The fourth-order valence-corrected chi connectivity index (χ4v) is 3.76. The smallest absolute Gasteiger partial charge is 0.150 e. The lowest BCUT2D eigenvalue weighted by molar-refractivity contribution is 0.0256. The molecule has 14 heavy (non-hydrogen) atoms. The van der Waals surface area contributed by atoms with Gasteiger partial charge in [0, 0.05) is 18.9 Å². The predicted molar refractivity (Wildman–Crippen MR) is 53.8 cm³/mol. The van der Waals surface area contributed by atoms with Crippen molar-refractivity contribution >= 4 is 9.84 Å². The van der Waals surface area contributed by atoms with E-state index < -0.39 is 15.9 Å². The Labute approximate surface area is 85.2 Å². The first-order valence-electron chi connectivity index (χ1n) is 4.83. The van der Waals surface area contributed by atoms with Crippen molar-refractivity contribution in [2.24, 2.45) is 11.8 Å². The lowest BCUT2D eigenvalue weighted by atomic mass is 9.92. The molecule has 1 aliphatic heterocycles. The molecule has 4 nitrogen and oxygen atoms in total. The number of aliphatic hydroxyl groups excluding tert-OH is 1. The van der Waals surface area contributed by atoms with Crippen LogP contribution in [0.15, 0.2) is 0 Å². The number of methoxy groups -OCH3 is 1. The molecule has 3 atom stereocenters. The number of sulfone groups is 1. The molecule has 1 rings (SSSR count). The second-order valence-corrected chi connectivity index (χ2v) is 6.32. The lowest BCUT2D eigenvalue weighted by Gasteiger charge is -2.22. The molecule has 1 fully saturated rings. The minimum Gasteiger partial charge on any atom is -0.392 e. The molecule has 1 N–H and O–H groups in total. The second-order valence-electron chi connectivity index (χ2n) is 4.09. The molecule has 0 aromatic carbocycles. The average Bonchev–Trinajstić information content (AvgIpc) is 2.45. The van der Waals surface area contributed by atoms with Crippen LogP contribution >= 0.6 is 0 Å². The van der Waals surface area contributed by atoms with Crippen LogP contribution in [-0.4, -0.2) is 44.9 Å². The molecule has 3 unspecified atom stereocenters. The Morgan fingerprint density at radius 3 is 2.64 bits per heavy atom. The summed E-state index contributed by atoms with van der Waals surface area (Å²) < 4.78 is 27.3. The van der Waals surface area contributed by atoms with E-state index >= 15 is 0 Å². The third kappa shape index (κ3) is 2.93. The molecule has 1 saturated heterocycles. The normalized spacial score (nSPS) is 30.1. The first-order chi connectivity index (χ1) is 6.46. The molecular formula is C9H18O4S. The summed E-state index contributed by atoms with van der Waals surface area (Å²) in [5.41, 5.74) is 0. The molecule has 0 radical (unpaired) electrons. The zero-order valence-corrected chi connectivity index (χ0v) is 9.46. The molecule has 0 aliphatic carbocycles. The van der Waals surface area contributed by atoms with Crippen molar-refractivity contribution in [1.82, 2.24) is 0 Å². The summed E-state index contributed by atoms with van der Waals surface area (Å²) in [5.74, 6) is 0.236. The Kier molecular flexibility index (Phi) is 3.92. The van der Waals surface area contributed by atoms with Crippen LogP contribution in [0.5, 0.6) is 0 Å². The topological polar surface area (TPSA) is 63.6 Å². The van der Waals surface area contributed by atoms with Crippen LogP contribution in [0.4, 0.5) is 0 Å². The summed E-state index contributed by atoms with van der Waals surface area (Å²) >= 11 is 0. The highest BCUT2D eigenvalue weighted by molar-refractivity contribution is 7.91. The monoisotopic (exact) mass is 222 g/mol. The quantitative estimate of drug-likeness (QED) is 0.731. The van der Waals surface area contributed by atoms with Crippen LogP contribution in [0.3, 0.4) is 0 Å². The Balaban J connectivity index is 2.50. The van der Waals surface area contributed by atoms with E-state index in [1.165, 1.54) is 0 Å². The van der Waals surface area contributed by atoms with E-state index in [-0.39, 0.29) is 23.3 Å². The van der Waals surface area contributed by atoms with Crippen molar-refractivity contribution in [3.05, 3.63) is 0 Å². The number of hydrogen-bond acceptors (Lipinski definition) is 4. The maximum absolute atomic E-state index is 11.2. The van der Waals surface area contributed by atoms with E-state index in [1.807, 2.05) is 6.92 Å². The van der Waals surface area contributed by atoms with Gasteiger partial charge in [0.1, 0.15) is 0 Å². The summed E-state index contributed by atoms with van der Waals surface area (Å²) in [6.07, 6.45) is 0.0182. The minimum absolute atomic E-state index is 0.00157. The van der Waals surface area contributed by atoms with E-state index in [0.717, 1.165) is 0 Å². The van der Waals surface area contributed by atoms with E-state index in [9.17, 15) is 13.5 Å². The standard InChI is InChI=1S/C9H18O4S/c1-7(5-13-2)9(10)8-3-4-14(11,12)6-8/h7-10H,3-6H2,1-2H3. The SMILES string of the molecule is COCC(C)C(O)C1CCS(=O)(=O)C1. The molecule has 1 heterocycles. The zero-order valence-electron chi connectivity index (χ0n) is 8.64. The van der Waals surface area contributed by atoms with Crippen LogP contribution < -0.4 is 0 Å². The number of rotatable bonds is 4. The van der Waals surface area contributed by atoms with Gasteiger partial charge >= 0.3 is 0 Å². The van der Waals surface area contributed by atoms with Gasteiger partial charge in [-0.05, 0) is 6.42 Å². The van der Waals surface area contributed by atoms with E-state index in [4.69, 9.17) is 4.74 Å². The lowest BCUT2D eigenvalue weighted by Crippen LogP contribution is -2.30. The summed E-state index contributed by atoms with van der Waals surface area (Å²) in [5, 5.41) is 9.84. The molecule has 1 aliphatic rings. The van der Waals surface area contributed by atoms with E-state index in [0.29, 0.717) is 13.0 Å². The number of ether oxygens (including phenoxy) is 1. The van der Waals surface area contributed by atoms with Gasteiger partial charge in [-0.2, -0.15) is 0 Å². The zero-order chi connectivity index (χ0) is 10.8. The Morgan fingerprint density at radius 2 is 2.21 bits per heavy atom.